The van der Waals surface area contributed by atoms with Crippen LogP contribution in [-0.4, -0.2) is 16.0 Å². The predicted molar refractivity (Wildman–Crippen MR) is 86.8 cm³/mol. The summed E-state index contributed by atoms with van der Waals surface area (Å²) in [5.41, 5.74) is 4.06. The Kier molecular flexibility index (Phi) is 4.19. The molecule has 2 aromatic heterocycles. The molecule has 0 unspecified atom stereocenters. The topological polar surface area (TPSA) is 68.0 Å². The van der Waals surface area contributed by atoms with E-state index in [9.17, 15) is 4.79 Å². The second kappa shape index (κ2) is 6.44. The molecule has 1 aromatic carbocycles. The SMILES string of the molecule is Cc1noc(C)c1-c1cncc(C(=O)NCc2ccccc2)c1. The summed E-state index contributed by atoms with van der Waals surface area (Å²) in [6.07, 6.45) is 3.27. The Morgan fingerprint density at radius 3 is 2.65 bits per heavy atom. The minimum atomic E-state index is -0.157. The van der Waals surface area contributed by atoms with E-state index >= 15 is 0 Å². The van der Waals surface area contributed by atoms with Gasteiger partial charge in [0, 0.05) is 30.1 Å². The first kappa shape index (κ1) is 15.0. The lowest BCUT2D eigenvalue weighted by atomic mass is 10.0. The van der Waals surface area contributed by atoms with Gasteiger partial charge in [-0.25, -0.2) is 0 Å². The quantitative estimate of drug-likeness (QED) is 0.803. The van der Waals surface area contributed by atoms with Crippen molar-refractivity contribution in [3.8, 4) is 11.1 Å². The van der Waals surface area contributed by atoms with E-state index in [1.807, 2.05) is 44.2 Å². The van der Waals surface area contributed by atoms with Gasteiger partial charge in [-0.1, -0.05) is 35.5 Å². The molecule has 116 valence electrons. The Labute approximate surface area is 134 Å². The number of hydrogen-bond donors (Lipinski definition) is 1. The molecule has 0 saturated heterocycles. The summed E-state index contributed by atoms with van der Waals surface area (Å²) in [6, 6.07) is 11.6. The van der Waals surface area contributed by atoms with Crippen LogP contribution in [0.2, 0.25) is 0 Å². The third-order valence-corrected chi connectivity index (χ3v) is 3.62. The average Bonchev–Trinajstić information content (AvgIpc) is 2.92. The highest BCUT2D eigenvalue weighted by Crippen LogP contribution is 2.26. The van der Waals surface area contributed by atoms with E-state index in [1.54, 1.807) is 18.5 Å². The second-order valence-corrected chi connectivity index (χ2v) is 5.33. The van der Waals surface area contributed by atoms with Gasteiger partial charge in [0.15, 0.2) is 0 Å². The molecule has 0 aliphatic heterocycles. The highest BCUT2D eigenvalue weighted by atomic mass is 16.5. The van der Waals surface area contributed by atoms with Crippen LogP contribution in [0.25, 0.3) is 11.1 Å². The molecule has 5 heteroatoms. The first-order valence-corrected chi connectivity index (χ1v) is 7.35. The number of aromatic nitrogens is 2. The fourth-order valence-corrected chi connectivity index (χ4v) is 2.48. The summed E-state index contributed by atoms with van der Waals surface area (Å²) >= 11 is 0. The van der Waals surface area contributed by atoms with Gasteiger partial charge < -0.3 is 9.84 Å². The highest BCUT2D eigenvalue weighted by molar-refractivity contribution is 5.95. The van der Waals surface area contributed by atoms with Crippen molar-refractivity contribution in [3.63, 3.8) is 0 Å². The van der Waals surface area contributed by atoms with E-state index in [-0.39, 0.29) is 5.91 Å². The van der Waals surface area contributed by atoms with Crippen LogP contribution in [0.4, 0.5) is 0 Å². The number of benzene rings is 1. The number of pyridine rings is 1. The zero-order valence-electron chi connectivity index (χ0n) is 13.0. The van der Waals surface area contributed by atoms with Crippen LogP contribution in [-0.2, 0) is 6.54 Å². The lowest BCUT2D eigenvalue weighted by Gasteiger charge is -2.07. The number of nitrogens with one attached hydrogen (secondary N) is 1. The average molecular weight is 307 g/mol. The summed E-state index contributed by atoms with van der Waals surface area (Å²) in [4.78, 5) is 16.5. The van der Waals surface area contributed by atoms with Crippen molar-refractivity contribution >= 4 is 5.91 Å². The molecule has 0 bridgehead atoms. The Balaban J connectivity index is 1.78. The number of amides is 1. The largest absolute Gasteiger partial charge is 0.361 e. The van der Waals surface area contributed by atoms with Gasteiger partial charge in [0.2, 0.25) is 0 Å². The molecular formula is C18H17N3O2. The van der Waals surface area contributed by atoms with Crippen LogP contribution < -0.4 is 5.32 Å². The number of aryl methyl sites for hydroxylation is 2. The molecule has 0 saturated carbocycles. The van der Waals surface area contributed by atoms with Crippen LogP contribution in [0.1, 0.15) is 27.4 Å². The smallest absolute Gasteiger partial charge is 0.253 e. The summed E-state index contributed by atoms with van der Waals surface area (Å²) < 4.78 is 5.18. The van der Waals surface area contributed by atoms with Gasteiger partial charge in [0.05, 0.1) is 11.3 Å². The lowest BCUT2D eigenvalue weighted by Crippen LogP contribution is -2.22. The summed E-state index contributed by atoms with van der Waals surface area (Å²) in [6.45, 7) is 4.20. The van der Waals surface area contributed by atoms with Crippen LogP contribution in [0, 0.1) is 13.8 Å². The van der Waals surface area contributed by atoms with Gasteiger partial charge in [-0.2, -0.15) is 0 Å². The zero-order chi connectivity index (χ0) is 16.2. The van der Waals surface area contributed by atoms with Gasteiger partial charge in [0.25, 0.3) is 5.91 Å². The fraction of sp³-hybridized carbons (Fsp3) is 0.167. The Bertz CT molecular complexity index is 806. The van der Waals surface area contributed by atoms with E-state index < -0.39 is 0 Å². The molecule has 0 aliphatic rings. The van der Waals surface area contributed by atoms with Crippen molar-refractivity contribution in [2.45, 2.75) is 20.4 Å². The highest BCUT2D eigenvalue weighted by Gasteiger charge is 2.14. The van der Waals surface area contributed by atoms with Crippen molar-refractivity contribution < 1.29 is 9.32 Å². The molecule has 0 spiro atoms. The van der Waals surface area contributed by atoms with E-state index in [2.05, 4.69) is 15.5 Å². The Morgan fingerprint density at radius 1 is 1.17 bits per heavy atom. The van der Waals surface area contributed by atoms with Crippen LogP contribution >= 0.6 is 0 Å². The van der Waals surface area contributed by atoms with Crippen molar-refractivity contribution in [3.05, 3.63) is 71.4 Å². The van der Waals surface area contributed by atoms with Gasteiger partial charge in [-0.15, -0.1) is 0 Å². The lowest BCUT2D eigenvalue weighted by molar-refractivity contribution is 0.0950. The fourth-order valence-electron chi connectivity index (χ4n) is 2.48. The van der Waals surface area contributed by atoms with Gasteiger partial charge in [0.1, 0.15) is 5.76 Å². The van der Waals surface area contributed by atoms with E-state index in [4.69, 9.17) is 4.52 Å². The molecule has 0 radical (unpaired) electrons. The number of carbonyl (C=O) groups is 1. The van der Waals surface area contributed by atoms with E-state index in [0.717, 1.165) is 22.4 Å². The van der Waals surface area contributed by atoms with Gasteiger partial charge in [-0.3, -0.25) is 9.78 Å². The van der Waals surface area contributed by atoms with E-state index in [0.29, 0.717) is 17.9 Å². The molecular weight excluding hydrogens is 290 g/mol. The number of hydrogen-bond acceptors (Lipinski definition) is 4. The summed E-state index contributed by atoms with van der Waals surface area (Å²) in [5.74, 6) is 0.557. The van der Waals surface area contributed by atoms with Crippen molar-refractivity contribution in [1.82, 2.24) is 15.5 Å². The standard InChI is InChI=1S/C18H17N3O2/c1-12-17(13(2)23-21-12)15-8-16(11-19-10-15)18(22)20-9-14-6-4-3-5-7-14/h3-8,10-11H,9H2,1-2H3,(H,20,22). The minimum absolute atomic E-state index is 0.157. The first-order valence-electron chi connectivity index (χ1n) is 7.35. The molecule has 0 atom stereocenters. The second-order valence-electron chi connectivity index (χ2n) is 5.33. The van der Waals surface area contributed by atoms with Crippen LogP contribution in [0.15, 0.2) is 53.3 Å². The van der Waals surface area contributed by atoms with Gasteiger partial charge in [-0.05, 0) is 25.5 Å². The van der Waals surface area contributed by atoms with Crippen molar-refractivity contribution in [1.29, 1.82) is 0 Å². The maximum atomic E-state index is 12.3. The van der Waals surface area contributed by atoms with E-state index in [1.165, 1.54) is 0 Å². The predicted octanol–water partition coefficient (Wildman–Crippen LogP) is 3.28. The maximum absolute atomic E-state index is 12.3. The van der Waals surface area contributed by atoms with Crippen molar-refractivity contribution in [2.24, 2.45) is 0 Å². The molecule has 1 N–H and O–H groups in total. The molecule has 0 fully saturated rings. The molecule has 1 amide bonds. The molecule has 0 aliphatic carbocycles. The molecule has 3 rings (SSSR count). The monoisotopic (exact) mass is 307 g/mol. The Morgan fingerprint density at radius 2 is 1.96 bits per heavy atom. The van der Waals surface area contributed by atoms with Gasteiger partial charge >= 0.3 is 0 Å². The summed E-state index contributed by atoms with van der Waals surface area (Å²) in [5, 5.41) is 6.84. The third-order valence-electron chi connectivity index (χ3n) is 3.62. The molecule has 23 heavy (non-hydrogen) atoms. The minimum Gasteiger partial charge on any atom is -0.361 e. The Hall–Kier alpha value is -2.95. The molecule has 2 heterocycles. The summed E-state index contributed by atoms with van der Waals surface area (Å²) in [7, 11) is 0. The third kappa shape index (κ3) is 3.29. The maximum Gasteiger partial charge on any atom is 0.253 e. The number of carbonyl (C=O) groups excluding carboxylic acids is 1. The normalized spacial score (nSPS) is 10.5. The number of nitrogens with zero attached hydrogens (tertiary/aromatic N) is 2. The van der Waals surface area contributed by atoms with Crippen molar-refractivity contribution in [2.75, 3.05) is 0 Å². The zero-order valence-corrected chi connectivity index (χ0v) is 13.0. The molecule has 3 aromatic rings. The first-order chi connectivity index (χ1) is 11.1. The molecule has 5 nitrogen and oxygen atoms in total. The number of rotatable bonds is 4. The van der Waals surface area contributed by atoms with Crippen LogP contribution in [0.3, 0.4) is 0 Å². The van der Waals surface area contributed by atoms with Crippen LogP contribution in [0.5, 0.6) is 0 Å².